The van der Waals surface area contributed by atoms with Gasteiger partial charge in [0.2, 0.25) is 0 Å². The fourth-order valence-electron chi connectivity index (χ4n) is 1.17. The summed E-state index contributed by atoms with van der Waals surface area (Å²) in [4.78, 5) is 0. The molecule has 0 aromatic rings. The molecule has 2 heteroatoms. The second-order valence-electron chi connectivity index (χ2n) is 3.25. The molecule has 1 N–H and O–H groups in total. The third kappa shape index (κ3) is 8.02. The lowest BCUT2D eigenvalue weighted by molar-refractivity contribution is 0.140. The predicted molar refractivity (Wildman–Crippen MR) is 53.4 cm³/mol. The van der Waals surface area contributed by atoms with Crippen LogP contribution in [0.4, 0.5) is 0 Å². The van der Waals surface area contributed by atoms with Crippen LogP contribution in [-0.2, 0) is 4.74 Å². The van der Waals surface area contributed by atoms with Crippen LogP contribution in [0.15, 0.2) is 0 Å². The smallest absolute Gasteiger partial charge is 0.0466 e. The normalized spacial score (nSPS) is 13.2. The van der Waals surface area contributed by atoms with E-state index in [1.165, 1.54) is 12.8 Å². The fraction of sp³-hybridized carbons (Fsp3) is 1.00. The summed E-state index contributed by atoms with van der Waals surface area (Å²) in [6, 6.07) is 0. The van der Waals surface area contributed by atoms with E-state index in [4.69, 9.17) is 4.74 Å². The van der Waals surface area contributed by atoms with Crippen LogP contribution in [0.5, 0.6) is 0 Å². The average molecular weight is 173 g/mol. The van der Waals surface area contributed by atoms with Gasteiger partial charge in [0.25, 0.3) is 0 Å². The molecule has 2 nitrogen and oxygen atoms in total. The van der Waals surface area contributed by atoms with Gasteiger partial charge in [0.1, 0.15) is 0 Å². The van der Waals surface area contributed by atoms with Gasteiger partial charge in [0.15, 0.2) is 0 Å². The molecule has 0 saturated heterocycles. The molecule has 0 aromatic carbocycles. The minimum atomic E-state index is 0.783. The third-order valence-electron chi connectivity index (χ3n) is 1.93. The van der Waals surface area contributed by atoms with Crippen molar-refractivity contribution >= 4 is 0 Å². The first-order valence-electron chi connectivity index (χ1n) is 5.09. The second-order valence-corrected chi connectivity index (χ2v) is 3.25. The Kier molecular flexibility index (Phi) is 8.95. The van der Waals surface area contributed by atoms with Gasteiger partial charge in [-0.15, -0.1) is 0 Å². The zero-order chi connectivity index (χ0) is 9.23. The first-order chi connectivity index (χ1) is 5.81. The van der Waals surface area contributed by atoms with Crippen molar-refractivity contribution in [2.75, 3.05) is 26.3 Å². The molecule has 74 valence electrons. The minimum absolute atomic E-state index is 0.783. The van der Waals surface area contributed by atoms with Crippen molar-refractivity contribution in [1.82, 2.24) is 5.32 Å². The summed E-state index contributed by atoms with van der Waals surface area (Å²) < 4.78 is 5.27. The lowest BCUT2D eigenvalue weighted by Gasteiger charge is -2.10. The fourth-order valence-corrected chi connectivity index (χ4v) is 1.17. The van der Waals surface area contributed by atoms with Gasteiger partial charge in [-0.3, -0.25) is 0 Å². The Labute approximate surface area is 76.7 Å². The molecule has 1 atom stereocenters. The van der Waals surface area contributed by atoms with Gasteiger partial charge in [0.05, 0.1) is 0 Å². The molecule has 0 saturated carbocycles. The van der Waals surface area contributed by atoms with Crippen LogP contribution >= 0.6 is 0 Å². The van der Waals surface area contributed by atoms with Crippen LogP contribution in [0.2, 0.25) is 0 Å². The van der Waals surface area contributed by atoms with Crippen molar-refractivity contribution < 1.29 is 4.74 Å². The van der Waals surface area contributed by atoms with E-state index < -0.39 is 0 Å². The lowest BCUT2D eigenvalue weighted by atomic mass is 10.1. The number of nitrogens with one attached hydrogen (secondary N) is 1. The maximum atomic E-state index is 5.27. The quantitative estimate of drug-likeness (QED) is 0.567. The lowest BCUT2D eigenvalue weighted by Crippen LogP contribution is -2.20. The highest BCUT2D eigenvalue weighted by molar-refractivity contribution is 4.55. The first-order valence-corrected chi connectivity index (χ1v) is 5.09. The van der Waals surface area contributed by atoms with Crippen molar-refractivity contribution in [3.63, 3.8) is 0 Å². The summed E-state index contributed by atoms with van der Waals surface area (Å²) in [5.74, 6) is 0.783. The molecule has 0 amide bonds. The van der Waals surface area contributed by atoms with Crippen molar-refractivity contribution in [1.29, 1.82) is 0 Å². The van der Waals surface area contributed by atoms with Crippen LogP contribution < -0.4 is 5.32 Å². The Balaban J connectivity index is 3.02. The van der Waals surface area contributed by atoms with Gasteiger partial charge >= 0.3 is 0 Å². The van der Waals surface area contributed by atoms with Crippen LogP contribution in [-0.4, -0.2) is 26.3 Å². The van der Waals surface area contributed by atoms with Crippen LogP contribution in [0.1, 0.15) is 33.6 Å². The van der Waals surface area contributed by atoms with E-state index in [1.807, 2.05) is 6.92 Å². The van der Waals surface area contributed by atoms with Crippen molar-refractivity contribution in [2.24, 2.45) is 5.92 Å². The second kappa shape index (κ2) is 9.01. The van der Waals surface area contributed by atoms with E-state index in [0.29, 0.717) is 0 Å². The summed E-state index contributed by atoms with van der Waals surface area (Å²) in [6.45, 7) is 10.5. The third-order valence-corrected chi connectivity index (χ3v) is 1.93. The Morgan fingerprint density at radius 3 is 2.67 bits per heavy atom. The van der Waals surface area contributed by atoms with E-state index in [-0.39, 0.29) is 0 Å². The molecule has 12 heavy (non-hydrogen) atoms. The maximum absolute atomic E-state index is 5.27. The highest BCUT2D eigenvalue weighted by Crippen LogP contribution is 2.03. The first kappa shape index (κ1) is 11.9. The summed E-state index contributed by atoms with van der Waals surface area (Å²) in [7, 11) is 0. The van der Waals surface area contributed by atoms with Gasteiger partial charge in [-0.05, 0) is 38.8 Å². The van der Waals surface area contributed by atoms with Gasteiger partial charge in [-0.2, -0.15) is 0 Å². The van der Waals surface area contributed by atoms with Crippen LogP contribution in [0, 0.1) is 5.92 Å². The Morgan fingerprint density at radius 1 is 1.33 bits per heavy atom. The summed E-state index contributed by atoms with van der Waals surface area (Å²) in [6.07, 6.45) is 2.47. The standard InChI is InChI=1S/C10H23NO/c1-4-11-9-10(3)7-6-8-12-5-2/h10-11H,4-9H2,1-3H3. The molecular formula is C10H23NO. The Morgan fingerprint density at radius 2 is 2.08 bits per heavy atom. The maximum Gasteiger partial charge on any atom is 0.0466 e. The SMILES string of the molecule is CCNCC(C)CCCOCC. The molecule has 0 aliphatic carbocycles. The van der Waals surface area contributed by atoms with E-state index in [1.54, 1.807) is 0 Å². The number of rotatable bonds is 8. The van der Waals surface area contributed by atoms with E-state index in [2.05, 4.69) is 19.2 Å². The summed E-state index contributed by atoms with van der Waals surface area (Å²) in [5, 5.41) is 3.35. The monoisotopic (exact) mass is 173 g/mol. The molecule has 0 fully saturated rings. The van der Waals surface area contributed by atoms with E-state index >= 15 is 0 Å². The number of ether oxygens (including phenoxy) is 1. The molecule has 0 aliphatic rings. The average Bonchev–Trinajstić information content (AvgIpc) is 2.09. The highest BCUT2D eigenvalue weighted by atomic mass is 16.5. The Bertz CT molecular complexity index is 85.9. The van der Waals surface area contributed by atoms with E-state index in [0.717, 1.165) is 32.2 Å². The molecule has 0 heterocycles. The highest BCUT2D eigenvalue weighted by Gasteiger charge is 1.99. The summed E-state index contributed by atoms with van der Waals surface area (Å²) >= 11 is 0. The van der Waals surface area contributed by atoms with E-state index in [9.17, 15) is 0 Å². The molecule has 0 bridgehead atoms. The van der Waals surface area contributed by atoms with Crippen LogP contribution in [0.3, 0.4) is 0 Å². The van der Waals surface area contributed by atoms with Crippen molar-refractivity contribution in [3.8, 4) is 0 Å². The Hall–Kier alpha value is -0.0800. The molecule has 0 spiro atoms. The predicted octanol–water partition coefficient (Wildman–Crippen LogP) is 2.05. The number of hydrogen-bond acceptors (Lipinski definition) is 2. The molecule has 0 radical (unpaired) electrons. The zero-order valence-corrected chi connectivity index (χ0v) is 8.73. The molecule has 0 aliphatic heterocycles. The topological polar surface area (TPSA) is 21.3 Å². The van der Waals surface area contributed by atoms with Gasteiger partial charge < -0.3 is 10.1 Å². The van der Waals surface area contributed by atoms with Gasteiger partial charge in [0, 0.05) is 13.2 Å². The van der Waals surface area contributed by atoms with Gasteiger partial charge in [-0.25, -0.2) is 0 Å². The largest absolute Gasteiger partial charge is 0.382 e. The minimum Gasteiger partial charge on any atom is -0.382 e. The zero-order valence-electron chi connectivity index (χ0n) is 8.73. The van der Waals surface area contributed by atoms with Crippen molar-refractivity contribution in [2.45, 2.75) is 33.6 Å². The summed E-state index contributed by atoms with van der Waals surface area (Å²) in [5.41, 5.74) is 0. The molecule has 1 unspecified atom stereocenters. The number of hydrogen-bond donors (Lipinski definition) is 1. The molecule has 0 rings (SSSR count). The molecular weight excluding hydrogens is 150 g/mol. The molecule has 0 aromatic heterocycles. The van der Waals surface area contributed by atoms with Gasteiger partial charge in [-0.1, -0.05) is 13.8 Å². The van der Waals surface area contributed by atoms with Crippen molar-refractivity contribution in [3.05, 3.63) is 0 Å². The van der Waals surface area contributed by atoms with Crippen LogP contribution in [0.25, 0.3) is 0 Å².